The van der Waals surface area contributed by atoms with Gasteiger partial charge in [-0.1, -0.05) is 33.0 Å². The van der Waals surface area contributed by atoms with Gasteiger partial charge in [0.25, 0.3) is 0 Å². The van der Waals surface area contributed by atoms with Crippen molar-refractivity contribution in [3.8, 4) is 0 Å². The van der Waals surface area contributed by atoms with Crippen molar-refractivity contribution in [2.24, 2.45) is 5.92 Å². The van der Waals surface area contributed by atoms with E-state index in [2.05, 4.69) is 25.8 Å². The average molecular weight is 278 g/mol. The molecular weight excluding hydrogens is 260 g/mol. The Bertz CT molecular complexity index is 652. The van der Waals surface area contributed by atoms with E-state index in [0.29, 0.717) is 5.92 Å². The molecule has 0 aliphatic heterocycles. The molecule has 2 heterocycles. The molecule has 0 radical (unpaired) electrons. The molecule has 4 heteroatoms. The SMILES string of the molecule is CC(C)c1nc2sc3c(c2c(=S)[nH]1)CC[C@H](C)C3. The Labute approximate surface area is 116 Å². The van der Waals surface area contributed by atoms with Crippen molar-refractivity contribution < 1.29 is 0 Å². The van der Waals surface area contributed by atoms with Crippen molar-refractivity contribution in [3.63, 3.8) is 0 Å². The summed E-state index contributed by atoms with van der Waals surface area (Å²) in [6.07, 6.45) is 3.64. The van der Waals surface area contributed by atoms with Gasteiger partial charge < -0.3 is 4.98 Å². The number of hydrogen-bond acceptors (Lipinski definition) is 3. The number of H-pyrrole nitrogens is 1. The number of aryl methyl sites for hydroxylation is 1. The molecule has 0 spiro atoms. The summed E-state index contributed by atoms with van der Waals surface area (Å²) in [7, 11) is 0. The average Bonchev–Trinajstić information content (AvgIpc) is 2.66. The zero-order chi connectivity index (χ0) is 12.9. The number of thiophene rings is 1. The molecule has 0 saturated carbocycles. The van der Waals surface area contributed by atoms with E-state index < -0.39 is 0 Å². The van der Waals surface area contributed by atoms with Crippen LogP contribution in [0.3, 0.4) is 0 Å². The third-order valence-electron chi connectivity index (χ3n) is 3.73. The first-order valence-electron chi connectivity index (χ1n) is 6.60. The van der Waals surface area contributed by atoms with Crippen LogP contribution in [0.2, 0.25) is 0 Å². The number of fused-ring (bicyclic) bond motifs is 3. The van der Waals surface area contributed by atoms with E-state index in [1.165, 1.54) is 28.7 Å². The van der Waals surface area contributed by atoms with Gasteiger partial charge in [0.1, 0.15) is 15.3 Å². The normalized spacial score (nSPS) is 19.4. The van der Waals surface area contributed by atoms with E-state index in [4.69, 9.17) is 17.2 Å². The lowest BCUT2D eigenvalue weighted by Crippen LogP contribution is -2.08. The maximum absolute atomic E-state index is 5.54. The zero-order valence-electron chi connectivity index (χ0n) is 11.0. The summed E-state index contributed by atoms with van der Waals surface area (Å²) < 4.78 is 0.885. The van der Waals surface area contributed by atoms with Gasteiger partial charge in [0.15, 0.2) is 0 Å². The van der Waals surface area contributed by atoms with Crippen molar-refractivity contribution in [1.82, 2.24) is 9.97 Å². The molecule has 1 aliphatic carbocycles. The molecule has 2 nitrogen and oxygen atoms in total. The standard InChI is InChI=1S/C14H18N2S2/c1-7(2)12-15-13(17)11-9-5-4-8(3)6-10(9)18-14(11)16-12/h7-8H,4-6H2,1-3H3,(H,15,16,17)/t8-/m0/s1. The summed E-state index contributed by atoms with van der Waals surface area (Å²) >= 11 is 7.39. The van der Waals surface area contributed by atoms with Gasteiger partial charge in [-0.15, -0.1) is 11.3 Å². The molecule has 2 aromatic heterocycles. The van der Waals surface area contributed by atoms with E-state index in [0.717, 1.165) is 27.6 Å². The molecule has 0 fully saturated rings. The van der Waals surface area contributed by atoms with Crippen LogP contribution in [0.15, 0.2) is 0 Å². The second-order valence-electron chi connectivity index (χ2n) is 5.64. The van der Waals surface area contributed by atoms with E-state index in [9.17, 15) is 0 Å². The molecule has 96 valence electrons. The number of nitrogens with one attached hydrogen (secondary N) is 1. The molecular formula is C14H18N2S2. The van der Waals surface area contributed by atoms with Crippen molar-refractivity contribution in [2.75, 3.05) is 0 Å². The molecule has 2 aromatic rings. The molecule has 0 unspecified atom stereocenters. The van der Waals surface area contributed by atoms with Crippen molar-refractivity contribution >= 4 is 33.8 Å². The fraction of sp³-hybridized carbons (Fsp3) is 0.571. The summed E-state index contributed by atoms with van der Waals surface area (Å²) in [4.78, 5) is 10.7. The molecule has 0 amide bonds. The summed E-state index contributed by atoms with van der Waals surface area (Å²) in [6, 6.07) is 0. The highest BCUT2D eigenvalue weighted by molar-refractivity contribution is 7.71. The number of aromatic nitrogens is 2. The van der Waals surface area contributed by atoms with Crippen LogP contribution in [0.4, 0.5) is 0 Å². The molecule has 1 atom stereocenters. The Hall–Kier alpha value is -0.740. The maximum Gasteiger partial charge on any atom is 0.128 e. The Balaban J connectivity index is 2.25. The van der Waals surface area contributed by atoms with Crippen LogP contribution in [0, 0.1) is 10.6 Å². The van der Waals surface area contributed by atoms with Gasteiger partial charge in [0.05, 0.1) is 0 Å². The quantitative estimate of drug-likeness (QED) is 0.772. The van der Waals surface area contributed by atoms with E-state index >= 15 is 0 Å². The van der Waals surface area contributed by atoms with E-state index in [-0.39, 0.29) is 0 Å². The largest absolute Gasteiger partial charge is 0.334 e. The van der Waals surface area contributed by atoms with Gasteiger partial charge in [0, 0.05) is 16.2 Å². The smallest absolute Gasteiger partial charge is 0.128 e. The van der Waals surface area contributed by atoms with Gasteiger partial charge in [0.2, 0.25) is 0 Å². The van der Waals surface area contributed by atoms with Gasteiger partial charge in [-0.2, -0.15) is 0 Å². The highest BCUT2D eigenvalue weighted by Gasteiger charge is 2.22. The Morgan fingerprint density at radius 2 is 2.22 bits per heavy atom. The highest BCUT2D eigenvalue weighted by Crippen LogP contribution is 2.37. The molecule has 1 N–H and O–H groups in total. The first-order chi connectivity index (χ1) is 8.56. The fourth-order valence-electron chi connectivity index (χ4n) is 2.64. The lowest BCUT2D eigenvalue weighted by atomic mass is 9.89. The number of nitrogens with zero attached hydrogens (tertiary/aromatic N) is 1. The number of aromatic amines is 1. The minimum Gasteiger partial charge on any atom is -0.334 e. The molecule has 0 saturated heterocycles. The summed E-state index contributed by atoms with van der Waals surface area (Å²) in [6.45, 7) is 6.63. The number of hydrogen-bond donors (Lipinski definition) is 1. The third-order valence-corrected chi connectivity index (χ3v) is 5.19. The predicted molar refractivity (Wildman–Crippen MR) is 80.1 cm³/mol. The predicted octanol–water partition coefficient (Wildman–Crippen LogP) is 4.60. The van der Waals surface area contributed by atoms with Crippen molar-refractivity contribution in [3.05, 3.63) is 20.9 Å². The van der Waals surface area contributed by atoms with Gasteiger partial charge in [-0.05, 0) is 30.7 Å². The van der Waals surface area contributed by atoms with Crippen molar-refractivity contribution in [1.29, 1.82) is 0 Å². The van der Waals surface area contributed by atoms with Crippen LogP contribution in [0.1, 0.15) is 49.4 Å². The van der Waals surface area contributed by atoms with Crippen LogP contribution < -0.4 is 0 Å². The minimum atomic E-state index is 0.397. The van der Waals surface area contributed by atoms with Gasteiger partial charge >= 0.3 is 0 Å². The van der Waals surface area contributed by atoms with Crippen LogP contribution in [-0.2, 0) is 12.8 Å². The third kappa shape index (κ3) is 1.91. The van der Waals surface area contributed by atoms with Crippen molar-refractivity contribution in [2.45, 2.75) is 46.0 Å². The Kier molecular flexibility index (Phi) is 3.02. The zero-order valence-corrected chi connectivity index (χ0v) is 12.7. The monoisotopic (exact) mass is 278 g/mol. The number of rotatable bonds is 1. The molecule has 0 aromatic carbocycles. The lowest BCUT2D eigenvalue weighted by molar-refractivity contribution is 0.509. The van der Waals surface area contributed by atoms with Crippen LogP contribution >= 0.6 is 23.6 Å². The summed E-state index contributed by atoms with van der Waals surface area (Å²) in [5, 5.41) is 1.22. The molecule has 0 bridgehead atoms. The maximum atomic E-state index is 5.54. The fourth-order valence-corrected chi connectivity index (χ4v) is 4.43. The summed E-state index contributed by atoms with van der Waals surface area (Å²) in [5.74, 6) is 2.21. The second kappa shape index (κ2) is 4.42. The highest BCUT2D eigenvalue weighted by atomic mass is 32.1. The van der Waals surface area contributed by atoms with Gasteiger partial charge in [-0.3, -0.25) is 0 Å². The van der Waals surface area contributed by atoms with Crippen LogP contribution in [-0.4, -0.2) is 9.97 Å². The molecule has 18 heavy (non-hydrogen) atoms. The summed E-state index contributed by atoms with van der Waals surface area (Å²) in [5.41, 5.74) is 1.47. The second-order valence-corrected chi connectivity index (χ2v) is 7.13. The first kappa shape index (κ1) is 12.3. The van der Waals surface area contributed by atoms with Crippen LogP contribution in [0.5, 0.6) is 0 Å². The topological polar surface area (TPSA) is 28.7 Å². The van der Waals surface area contributed by atoms with Gasteiger partial charge in [-0.25, -0.2) is 4.98 Å². The van der Waals surface area contributed by atoms with Crippen LogP contribution in [0.25, 0.3) is 10.2 Å². The molecule has 1 aliphatic rings. The lowest BCUT2D eigenvalue weighted by Gasteiger charge is -2.17. The Morgan fingerprint density at radius 3 is 2.94 bits per heavy atom. The first-order valence-corrected chi connectivity index (χ1v) is 7.83. The Morgan fingerprint density at radius 1 is 1.44 bits per heavy atom. The van der Waals surface area contributed by atoms with E-state index in [1.54, 1.807) is 0 Å². The van der Waals surface area contributed by atoms with E-state index in [1.807, 2.05) is 11.3 Å². The molecule has 3 rings (SSSR count). The minimum absolute atomic E-state index is 0.397.